The third-order valence-corrected chi connectivity index (χ3v) is 5.91. The minimum Gasteiger partial charge on any atom is -0.508 e. The molecule has 2 aromatic rings. The summed E-state index contributed by atoms with van der Waals surface area (Å²) in [6, 6.07) is 11.9. The highest BCUT2D eigenvalue weighted by Gasteiger charge is 2.34. The minimum absolute atomic E-state index is 0.0437. The second kappa shape index (κ2) is 14.6. The van der Waals surface area contributed by atoms with Crippen molar-refractivity contribution in [2.75, 3.05) is 13.1 Å². The van der Waals surface area contributed by atoms with Crippen molar-refractivity contribution in [3.8, 4) is 5.75 Å². The SMILES string of the molecule is CC(C)(C)[C@H](NC(=O)[C@H](Cc1ccccc1)NC(=O)CNC(=O)CNC(=O)[C@@H](N)Cc1cccc(O)c1)C(=O)O. The number of nitrogens with one attached hydrogen (secondary N) is 4. The fourth-order valence-electron chi connectivity index (χ4n) is 3.77. The number of carboxylic acid groups (broad SMARTS) is 1. The summed E-state index contributed by atoms with van der Waals surface area (Å²) in [5.41, 5.74) is 6.47. The number of hydrogen-bond acceptors (Lipinski definition) is 7. The molecule has 2 rings (SSSR count). The van der Waals surface area contributed by atoms with Crippen LogP contribution >= 0.6 is 0 Å². The van der Waals surface area contributed by atoms with Gasteiger partial charge in [0.05, 0.1) is 19.1 Å². The van der Waals surface area contributed by atoms with E-state index in [1.165, 1.54) is 12.1 Å². The predicted molar refractivity (Wildman–Crippen MR) is 147 cm³/mol. The second-order valence-electron chi connectivity index (χ2n) is 10.4. The molecule has 3 atom stereocenters. The van der Waals surface area contributed by atoms with E-state index in [9.17, 15) is 34.2 Å². The molecule has 0 aromatic heterocycles. The Kier molecular flexibility index (Phi) is 11.6. The van der Waals surface area contributed by atoms with Crippen molar-refractivity contribution in [2.24, 2.45) is 11.1 Å². The van der Waals surface area contributed by atoms with E-state index in [-0.39, 0.29) is 18.6 Å². The number of amides is 4. The largest absolute Gasteiger partial charge is 0.508 e. The van der Waals surface area contributed by atoms with Crippen LogP contribution in [-0.4, -0.2) is 71.0 Å². The molecule has 0 bridgehead atoms. The van der Waals surface area contributed by atoms with Crippen LogP contribution < -0.4 is 27.0 Å². The first kappa shape index (κ1) is 31.8. The zero-order chi connectivity index (χ0) is 29.9. The van der Waals surface area contributed by atoms with Gasteiger partial charge in [0, 0.05) is 6.42 Å². The summed E-state index contributed by atoms with van der Waals surface area (Å²) in [6.07, 6.45) is 0.239. The monoisotopic (exact) mass is 555 g/mol. The smallest absolute Gasteiger partial charge is 0.326 e. The lowest BCUT2D eigenvalue weighted by molar-refractivity contribution is -0.145. The molecule has 0 heterocycles. The standard InChI is InChI=1S/C28H37N5O7/c1-28(2,3)24(27(39)40)33-26(38)21(14-17-8-5-4-6-9-17)32-23(36)16-30-22(35)15-31-25(37)20(29)13-18-10-7-11-19(34)12-18/h4-12,20-21,24,34H,13-16,29H2,1-3H3,(H,30,35)(H,31,37)(H,32,36)(H,33,38)(H,39,40)/t20-,21-,24+/m0/s1. The maximum absolute atomic E-state index is 13.0. The summed E-state index contributed by atoms with van der Waals surface area (Å²) in [7, 11) is 0. The number of hydrogen-bond donors (Lipinski definition) is 7. The van der Waals surface area contributed by atoms with Crippen LogP contribution in [0.3, 0.4) is 0 Å². The number of aromatic hydroxyl groups is 1. The highest BCUT2D eigenvalue weighted by atomic mass is 16.4. The van der Waals surface area contributed by atoms with Gasteiger partial charge in [0.1, 0.15) is 17.8 Å². The Morgan fingerprint density at radius 3 is 2.02 bits per heavy atom. The number of aliphatic carboxylic acids is 1. The van der Waals surface area contributed by atoms with E-state index in [2.05, 4.69) is 21.3 Å². The van der Waals surface area contributed by atoms with E-state index in [1.54, 1.807) is 63.2 Å². The van der Waals surface area contributed by atoms with Gasteiger partial charge >= 0.3 is 5.97 Å². The number of carboxylic acids is 1. The average molecular weight is 556 g/mol. The van der Waals surface area contributed by atoms with Gasteiger partial charge in [-0.3, -0.25) is 19.2 Å². The van der Waals surface area contributed by atoms with Crippen LogP contribution in [0, 0.1) is 5.41 Å². The highest BCUT2D eigenvalue weighted by molar-refractivity contribution is 5.93. The van der Waals surface area contributed by atoms with Gasteiger partial charge in [-0.2, -0.15) is 0 Å². The molecule has 0 aliphatic carbocycles. The summed E-state index contributed by atoms with van der Waals surface area (Å²) in [5, 5.41) is 28.9. The van der Waals surface area contributed by atoms with Crippen LogP contribution in [0.15, 0.2) is 54.6 Å². The van der Waals surface area contributed by atoms with Crippen LogP contribution in [0.2, 0.25) is 0 Å². The van der Waals surface area contributed by atoms with Crippen molar-refractivity contribution in [3.05, 3.63) is 65.7 Å². The first-order valence-corrected chi connectivity index (χ1v) is 12.7. The number of benzene rings is 2. The Morgan fingerprint density at radius 1 is 0.800 bits per heavy atom. The molecule has 0 saturated carbocycles. The molecule has 0 unspecified atom stereocenters. The summed E-state index contributed by atoms with van der Waals surface area (Å²) in [5.74, 6) is -3.77. The molecule has 216 valence electrons. The molecule has 12 nitrogen and oxygen atoms in total. The Balaban J connectivity index is 1.91. The lowest BCUT2D eigenvalue weighted by atomic mass is 9.86. The third-order valence-electron chi connectivity index (χ3n) is 5.91. The van der Waals surface area contributed by atoms with Crippen LogP contribution in [-0.2, 0) is 36.8 Å². The number of phenolic OH excluding ortho intramolecular Hbond substituents is 1. The lowest BCUT2D eigenvalue weighted by Crippen LogP contribution is -2.57. The Labute approximate surface area is 232 Å². The normalized spacial score (nSPS) is 13.3. The fraction of sp³-hybridized carbons (Fsp3) is 0.393. The molecular formula is C28H37N5O7. The molecule has 0 saturated heterocycles. The van der Waals surface area contributed by atoms with E-state index in [0.29, 0.717) is 5.56 Å². The minimum atomic E-state index is -1.21. The number of phenols is 1. The van der Waals surface area contributed by atoms with Crippen molar-refractivity contribution in [1.29, 1.82) is 0 Å². The summed E-state index contributed by atoms with van der Waals surface area (Å²) >= 11 is 0. The molecule has 12 heteroatoms. The van der Waals surface area contributed by atoms with Crippen molar-refractivity contribution in [1.82, 2.24) is 21.3 Å². The van der Waals surface area contributed by atoms with Gasteiger partial charge in [0.25, 0.3) is 0 Å². The van der Waals surface area contributed by atoms with Crippen molar-refractivity contribution in [2.45, 2.75) is 51.7 Å². The number of nitrogens with two attached hydrogens (primary N) is 1. The van der Waals surface area contributed by atoms with E-state index in [1.807, 2.05) is 0 Å². The van der Waals surface area contributed by atoms with Gasteiger partial charge in [-0.05, 0) is 35.1 Å². The van der Waals surface area contributed by atoms with Gasteiger partial charge in [-0.25, -0.2) is 4.79 Å². The predicted octanol–water partition coefficient (Wildman–Crippen LogP) is -0.163. The molecule has 0 aliphatic rings. The van der Waals surface area contributed by atoms with E-state index >= 15 is 0 Å². The number of carbonyl (C=O) groups excluding carboxylic acids is 4. The van der Waals surface area contributed by atoms with Gasteiger partial charge < -0.3 is 37.2 Å². The van der Waals surface area contributed by atoms with Crippen LogP contribution in [0.4, 0.5) is 0 Å². The molecule has 0 fully saturated rings. The first-order chi connectivity index (χ1) is 18.8. The molecule has 4 amide bonds. The number of carbonyl (C=O) groups is 5. The third kappa shape index (κ3) is 10.7. The second-order valence-corrected chi connectivity index (χ2v) is 10.4. The molecular weight excluding hydrogens is 518 g/mol. The molecule has 8 N–H and O–H groups in total. The fourth-order valence-corrected chi connectivity index (χ4v) is 3.77. The summed E-state index contributed by atoms with van der Waals surface area (Å²) in [6.45, 7) is 4.10. The molecule has 0 aliphatic heterocycles. The van der Waals surface area contributed by atoms with Crippen molar-refractivity contribution < 1.29 is 34.2 Å². The van der Waals surface area contributed by atoms with Gasteiger partial charge in [-0.1, -0.05) is 63.2 Å². The lowest BCUT2D eigenvalue weighted by Gasteiger charge is -2.29. The van der Waals surface area contributed by atoms with E-state index in [4.69, 9.17) is 5.73 Å². The van der Waals surface area contributed by atoms with Crippen LogP contribution in [0.5, 0.6) is 5.75 Å². The van der Waals surface area contributed by atoms with Gasteiger partial charge in [-0.15, -0.1) is 0 Å². The van der Waals surface area contributed by atoms with Crippen LogP contribution in [0.1, 0.15) is 31.9 Å². The maximum Gasteiger partial charge on any atom is 0.326 e. The average Bonchev–Trinajstić information content (AvgIpc) is 2.88. The maximum atomic E-state index is 13.0. The zero-order valence-corrected chi connectivity index (χ0v) is 22.8. The highest BCUT2D eigenvalue weighted by Crippen LogP contribution is 2.20. The first-order valence-electron chi connectivity index (χ1n) is 12.7. The van der Waals surface area contributed by atoms with Gasteiger partial charge in [0.15, 0.2) is 0 Å². The van der Waals surface area contributed by atoms with Gasteiger partial charge in [0.2, 0.25) is 23.6 Å². The quantitative estimate of drug-likeness (QED) is 0.177. The van der Waals surface area contributed by atoms with Crippen LogP contribution in [0.25, 0.3) is 0 Å². The summed E-state index contributed by atoms with van der Waals surface area (Å²) in [4.78, 5) is 61.8. The van der Waals surface area contributed by atoms with Crippen molar-refractivity contribution in [3.63, 3.8) is 0 Å². The summed E-state index contributed by atoms with van der Waals surface area (Å²) < 4.78 is 0. The Bertz CT molecular complexity index is 1200. The topological polar surface area (TPSA) is 200 Å². The molecule has 0 radical (unpaired) electrons. The van der Waals surface area contributed by atoms with E-state index < -0.39 is 66.2 Å². The Hall–Kier alpha value is -4.45. The van der Waals surface area contributed by atoms with Crippen molar-refractivity contribution >= 4 is 29.6 Å². The molecule has 0 spiro atoms. The zero-order valence-electron chi connectivity index (χ0n) is 22.8. The Morgan fingerprint density at radius 2 is 1.43 bits per heavy atom. The molecule has 2 aromatic carbocycles. The number of rotatable bonds is 13. The molecule has 40 heavy (non-hydrogen) atoms. The van der Waals surface area contributed by atoms with E-state index in [0.717, 1.165) is 5.56 Å².